The van der Waals surface area contributed by atoms with Gasteiger partial charge < -0.3 is 0 Å². The molecule has 1 aromatic rings. The molecule has 0 aromatic carbocycles. The standard InChI is InChI=1S/C6H6BrN3/c7-6-5-4(9-10-6)2-1-3-8-5/h2,9H,1,3H2. The molecule has 3 nitrogen and oxygen atoms in total. The topological polar surface area (TPSA) is 41.0 Å². The van der Waals surface area contributed by atoms with Crippen molar-refractivity contribution < 1.29 is 0 Å². The zero-order chi connectivity index (χ0) is 6.97. The lowest BCUT2D eigenvalue weighted by molar-refractivity contribution is 0.949. The molecule has 1 aliphatic rings. The van der Waals surface area contributed by atoms with Crippen molar-refractivity contribution in [2.24, 2.45) is 4.99 Å². The summed E-state index contributed by atoms with van der Waals surface area (Å²) in [6.07, 6.45) is 3.13. The van der Waals surface area contributed by atoms with Crippen LogP contribution in [0.15, 0.2) is 9.60 Å². The van der Waals surface area contributed by atoms with E-state index in [2.05, 4.69) is 37.2 Å². The number of fused-ring (bicyclic) bond motifs is 1. The van der Waals surface area contributed by atoms with Crippen LogP contribution in [0.1, 0.15) is 6.42 Å². The molecule has 0 bridgehead atoms. The van der Waals surface area contributed by atoms with Crippen molar-refractivity contribution in [3.63, 3.8) is 0 Å². The molecule has 10 heavy (non-hydrogen) atoms. The normalized spacial score (nSPS) is 15.3. The summed E-state index contributed by atoms with van der Waals surface area (Å²) in [5.41, 5.74) is 0. The Balaban J connectivity index is 2.89. The fraction of sp³-hybridized carbons (Fsp3) is 0.333. The van der Waals surface area contributed by atoms with Crippen LogP contribution in [0, 0.1) is 0 Å². The smallest absolute Gasteiger partial charge is 0.153 e. The Bertz CT molecular complexity index is 352. The van der Waals surface area contributed by atoms with Crippen LogP contribution in [0.5, 0.6) is 0 Å². The molecule has 0 saturated heterocycles. The highest BCUT2D eigenvalue weighted by Gasteiger charge is 2.00. The molecular weight excluding hydrogens is 194 g/mol. The molecule has 1 aromatic heterocycles. The predicted molar refractivity (Wildman–Crippen MR) is 41.0 cm³/mol. The lowest BCUT2D eigenvalue weighted by Crippen LogP contribution is -2.26. The maximum Gasteiger partial charge on any atom is 0.153 e. The number of hydrogen-bond acceptors (Lipinski definition) is 2. The van der Waals surface area contributed by atoms with Crippen molar-refractivity contribution in [3.8, 4) is 0 Å². The first kappa shape index (κ1) is 6.09. The SMILES string of the molecule is Brc1n[nH]c2c1=NCCC=2. The Kier molecular flexibility index (Phi) is 1.34. The Morgan fingerprint density at radius 3 is 3.30 bits per heavy atom. The third-order valence-corrected chi connectivity index (χ3v) is 2.03. The maximum absolute atomic E-state index is 4.28. The van der Waals surface area contributed by atoms with Crippen LogP contribution in [0.25, 0.3) is 6.08 Å². The third-order valence-electron chi connectivity index (χ3n) is 1.47. The highest BCUT2D eigenvalue weighted by atomic mass is 79.9. The van der Waals surface area contributed by atoms with E-state index in [4.69, 9.17) is 0 Å². The molecule has 0 unspecified atom stereocenters. The highest BCUT2D eigenvalue weighted by Crippen LogP contribution is 1.94. The van der Waals surface area contributed by atoms with Crippen LogP contribution in [0.3, 0.4) is 0 Å². The fourth-order valence-corrected chi connectivity index (χ4v) is 1.43. The molecule has 2 heterocycles. The Morgan fingerprint density at radius 2 is 2.50 bits per heavy atom. The number of nitrogens with zero attached hydrogens (tertiary/aromatic N) is 2. The fourth-order valence-electron chi connectivity index (χ4n) is 1.00. The van der Waals surface area contributed by atoms with E-state index in [-0.39, 0.29) is 0 Å². The van der Waals surface area contributed by atoms with Crippen molar-refractivity contribution in [2.75, 3.05) is 6.54 Å². The lowest BCUT2D eigenvalue weighted by atomic mass is 10.3. The average molecular weight is 200 g/mol. The van der Waals surface area contributed by atoms with Gasteiger partial charge in [0.2, 0.25) is 0 Å². The van der Waals surface area contributed by atoms with Crippen molar-refractivity contribution in [1.29, 1.82) is 0 Å². The number of H-pyrrole nitrogens is 1. The van der Waals surface area contributed by atoms with Crippen LogP contribution >= 0.6 is 15.9 Å². The maximum atomic E-state index is 4.28. The molecule has 0 amide bonds. The van der Waals surface area contributed by atoms with E-state index >= 15 is 0 Å². The second kappa shape index (κ2) is 2.20. The molecule has 1 N–H and O–H groups in total. The van der Waals surface area contributed by atoms with Gasteiger partial charge in [-0.1, -0.05) is 6.08 Å². The second-order valence-electron chi connectivity index (χ2n) is 2.15. The zero-order valence-electron chi connectivity index (χ0n) is 5.26. The molecule has 0 aliphatic carbocycles. The molecule has 2 rings (SSSR count). The van der Waals surface area contributed by atoms with Crippen molar-refractivity contribution >= 4 is 22.0 Å². The number of rotatable bonds is 0. The van der Waals surface area contributed by atoms with Crippen molar-refractivity contribution in [3.05, 3.63) is 15.3 Å². The minimum Gasteiger partial charge on any atom is -0.280 e. The van der Waals surface area contributed by atoms with Gasteiger partial charge in [0.1, 0.15) is 5.36 Å². The van der Waals surface area contributed by atoms with Crippen LogP contribution in [0.2, 0.25) is 0 Å². The van der Waals surface area contributed by atoms with Gasteiger partial charge in [-0.2, -0.15) is 5.10 Å². The summed E-state index contributed by atoms with van der Waals surface area (Å²) in [6, 6.07) is 0. The Labute approximate surface area is 66.0 Å². The number of hydrogen-bond donors (Lipinski definition) is 1. The monoisotopic (exact) mass is 199 g/mol. The van der Waals surface area contributed by atoms with E-state index in [9.17, 15) is 0 Å². The van der Waals surface area contributed by atoms with E-state index in [0.717, 1.165) is 28.3 Å². The summed E-state index contributed by atoms with van der Waals surface area (Å²) in [6.45, 7) is 0.880. The second-order valence-corrected chi connectivity index (χ2v) is 2.90. The largest absolute Gasteiger partial charge is 0.280 e. The van der Waals surface area contributed by atoms with E-state index in [0.29, 0.717) is 0 Å². The summed E-state index contributed by atoms with van der Waals surface area (Å²) in [5.74, 6) is 0. The van der Waals surface area contributed by atoms with Gasteiger partial charge in [-0.15, -0.1) is 0 Å². The molecule has 1 aliphatic heterocycles. The number of nitrogens with one attached hydrogen (secondary N) is 1. The predicted octanol–water partition coefficient (Wildman–Crippen LogP) is -0.0240. The molecule has 0 fully saturated rings. The Hall–Kier alpha value is -0.640. The average Bonchev–Trinajstić information content (AvgIpc) is 2.34. The van der Waals surface area contributed by atoms with Crippen LogP contribution in [-0.4, -0.2) is 16.7 Å². The zero-order valence-corrected chi connectivity index (χ0v) is 6.85. The van der Waals surface area contributed by atoms with Crippen molar-refractivity contribution in [1.82, 2.24) is 10.2 Å². The van der Waals surface area contributed by atoms with Gasteiger partial charge in [-0.25, -0.2) is 0 Å². The lowest BCUT2D eigenvalue weighted by Gasteiger charge is -1.91. The first-order chi connectivity index (χ1) is 4.88. The molecule has 0 atom stereocenters. The minimum atomic E-state index is 0.818. The molecular formula is C6H6BrN3. The van der Waals surface area contributed by atoms with E-state index in [1.54, 1.807) is 0 Å². The summed E-state index contributed by atoms with van der Waals surface area (Å²) >= 11 is 3.30. The summed E-state index contributed by atoms with van der Waals surface area (Å²) in [5, 5.41) is 8.85. The van der Waals surface area contributed by atoms with Gasteiger partial charge in [0, 0.05) is 6.54 Å². The van der Waals surface area contributed by atoms with Gasteiger partial charge in [0.15, 0.2) is 4.60 Å². The van der Waals surface area contributed by atoms with Crippen molar-refractivity contribution in [2.45, 2.75) is 6.42 Å². The third kappa shape index (κ3) is 0.794. The van der Waals surface area contributed by atoms with E-state index in [1.807, 2.05) is 0 Å². The first-order valence-electron chi connectivity index (χ1n) is 3.12. The number of aromatic amines is 1. The highest BCUT2D eigenvalue weighted by molar-refractivity contribution is 9.10. The van der Waals surface area contributed by atoms with Gasteiger partial charge in [-0.3, -0.25) is 10.1 Å². The van der Waals surface area contributed by atoms with Gasteiger partial charge in [0.25, 0.3) is 0 Å². The van der Waals surface area contributed by atoms with Crippen LogP contribution < -0.4 is 10.7 Å². The van der Waals surface area contributed by atoms with Gasteiger partial charge in [0.05, 0.1) is 5.35 Å². The van der Waals surface area contributed by atoms with E-state index in [1.165, 1.54) is 0 Å². The summed E-state index contributed by atoms with van der Waals surface area (Å²) in [4.78, 5) is 4.28. The Morgan fingerprint density at radius 1 is 1.60 bits per heavy atom. The molecule has 0 spiro atoms. The van der Waals surface area contributed by atoms with Crippen LogP contribution in [-0.2, 0) is 0 Å². The summed E-state index contributed by atoms with van der Waals surface area (Å²) < 4.78 is 0.818. The van der Waals surface area contributed by atoms with E-state index < -0.39 is 0 Å². The summed E-state index contributed by atoms with van der Waals surface area (Å²) in [7, 11) is 0. The molecule has 0 radical (unpaired) electrons. The number of aromatic nitrogens is 2. The van der Waals surface area contributed by atoms with Gasteiger partial charge >= 0.3 is 0 Å². The van der Waals surface area contributed by atoms with Gasteiger partial charge in [-0.05, 0) is 22.4 Å². The molecule has 52 valence electrons. The first-order valence-corrected chi connectivity index (χ1v) is 3.92. The minimum absolute atomic E-state index is 0.818. The van der Waals surface area contributed by atoms with Crippen LogP contribution in [0.4, 0.5) is 0 Å². The quantitative estimate of drug-likeness (QED) is 0.627. The number of halogens is 1. The molecule has 4 heteroatoms. The molecule has 0 saturated carbocycles.